The lowest BCUT2D eigenvalue weighted by molar-refractivity contribution is 0.0545. The number of carbonyl (C=O) groups excluding carboxylic acids is 1. The molecule has 0 aliphatic carbocycles. The van der Waals surface area contributed by atoms with Gasteiger partial charge in [-0.15, -0.1) is 0 Å². The van der Waals surface area contributed by atoms with Crippen LogP contribution in [0.5, 0.6) is 5.75 Å². The summed E-state index contributed by atoms with van der Waals surface area (Å²) in [6.07, 6.45) is 3.16. The Kier molecular flexibility index (Phi) is 5.01. The van der Waals surface area contributed by atoms with Crippen LogP contribution in [0.3, 0.4) is 0 Å². The van der Waals surface area contributed by atoms with Crippen LogP contribution >= 0.6 is 0 Å². The Morgan fingerprint density at radius 1 is 1.29 bits per heavy atom. The van der Waals surface area contributed by atoms with E-state index in [0.717, 1.165) is 5.56 Å². The topological polar surface area (TPSA) is 35.5 Å². The molecule has 0 spiro atoms. The number of esters is 1. The van der Waals surface area contributed by atoms with Crippen LogP contribution in [0, 0.1) is 6.92 Å². The Labute approximate surface area is 101 Å². The van der Waals surface area contributed by atoms with Crippen molar-refractivity contribution in [2.45, 2.75) is 6.92 Å². The fraction of sp³-hybridized carbons (Fsp3) is 0.214. The second-order valence-corrected chi connectivity index (χ2v) is 3.44. The molecule has 90 valence electrons. The number of para-hydroxylation sites is 1. The van der Waals surface area contributed by atoms with E-state index in [0.29, 0.717) is 17.9 Å². The third kappa shape index (κ3) is 3.48. The molecule has 0 saturated heterocycles. The number of benzene rings is 1. The number of rotatable bonds is 6. The van der Waals surface area contributed by atoms with Crippen LogP contribution in [0.4, 0.5) is 0 Å². The lowest BCUT2D eigenvalue weighted by Gasteiger charge is -2.11. The van der Waals surface area contributed by atoms with Gasteiger partial charge in [-0.05, 0) is 18.6 Å². The highest BCUT2D eigenvalue weighted by molar-refractivity contribution is 5.93. The highest BCUT2D eigenvalue weighted by atomic mass is 16.5. The Balaban J connectivity index is 2.96. The van der Waals surface area contributed by atoms with Crippen LogP contribution in [0.15, 0.2) is 43.5 Å². The van der Waals surface area contributed by atoms with Crippen LogP contribution in [0.1, 0.15) is 15.9 Å². The van der Waals surface area contributed by atoms with E-state index < -0.39 is 5.97 Å². The number of hydrogen-bond acceptors (Lipinski definition) is 3. The number of aryl methyl sites for hydroxylation is 1. The van der Waals surface area contributed by atoms with Crippen LogP contribution in [-0.2, 0) is 4.74 Å². The van der Waals surface area contributed by atoms with Gasteiger partial charge in [0.25, 0.3) is 0 Å². The standard InChI is InChI=1S/C14H16O3/c1-4-9-16-13-11(3)7-6-8-12(13)14(15)17-10-5-2/h4-8H,1-2,9-10H2,3H3. The first-order chi connectivity index (χ1) is 8.20. The van der Waals surface area contributed by atoms with Gasteiger partial charge in [0.2, 0.25) is 0 Å². The third-order valence-corrected chi connectivity index (χ3v) is 2.11. The van der Waals surface area contributed by atoms with Gasteiger partial charge >= 0.3 is 5.97 Å². The fourth-order valence-corrected chi connectivity index (χ4v) is 1.36. The summed E-state index contributed by atoms with van der Waals surface area (Å²) in [6.45, 7) is 9.49. The predicted molar refractivity (Wildman–Crippen MR) is 67.4 cm³/mol. The lowest BCUT2D eigenvalue weighted by atomic mass is 10.1. The SMILES string of the molecule is C=CCOC(=O)c1cccc(C)c1OCC=C. The molecule has 0 amide bonds. The summed E-state index contributed by atoms with van der Waals surface area (Å²) < 4.78 is 10.5. The monoisotopic (exact) mass is 232 g/mol. The Morgan fingerprint density at radius 3 is 2.65 bits per heavy atom. The maximum atomic E-state index is 11.8. The molecule has 0 atom stereocenters. The smallest absolute Gasteiger partial charge is 0.342 e. The molecule has 17 heavy (non-hydrogen) atoms. The molecule has 0 heterocycles. The molecule has 0 fully saturated rings. The predicted octanol–water partition coefficient (Wildman–Crippen LogP) is 2.90. The zero-order chi connectivity index (χ0) is 12.7. The first kappa shape index (κ1) is 13.0. The molecule has 0 radical (unpaired) electrons. The molecule has 1 aromatic rings. The Hall–Kier alpha value is -2.03. The van der Waals surface area contributed by atoms with Gasteiger partial charge in [-0.2, -0.15) is 0 Å². The zero-order valence-electron chi connectivity index (χ0n) is 9.94. The van der Waals surface area contributed by atoms with Crippen LogP contribution in [0.2, 0.25) is 0 Å². The van der Waals surface area contributed by atoms with Gasteiger partial charge in [0.05, 0.1) is 0 Å². The highest BCUT2D eigenvalue weighted by Crippen LogP contribution is 2.24. The summed E-state index contributed by atoms with van der Waals surface area (Å²) >= 11 is 0. The van der Waals surface area contributed by atoms with E-state index in [2.05, 4.69) is 13.2 Å². The summed E-state index contributed by atoms with van der Waals surface area (Å²) in [5.74, 6) is 0.133. The lowest BCUT2D eigenvalue weighted by Crippen LogP contribution is -2.09. The van der Waals surface area contributed by atoms with Gasteiger partial charge in [0.1, 0.15) is 24.5 Å². The number of hydrogen-bond donors (Lipinski definition) is 0. The molecule has 0 aliphatic rings. The van der Waals surface area contributed by atoms with Gasteiger partial charge in [-0.25, -0.2) is 4.79 Å². The van der Waals surface area contributed by atoms with E-state index in [1.165, 1.54) is 6.08 Å². The molecule has 0 saturated carbocycles. The summed E-state index contributed by atoms with van der Waals surface area (Å²) in [7, 11) is 0. The molecule has 0 unspecified atom stereocenters. The average Bonchev–Trinajstić information content (AvgIpc) is 2.34. The zero-order valence-corrected chi connectivity index (χ0v) is 9.94. The van der Waals surface area contributed by atoms with Gasteiger partial charge < -0.3 is 9.47 Å². The van der Waals surface area contributed by atoms with Gasteiger partial charge in [-0.1, -0.05) is 37.4 Å². The van der Waals surface area contributed by atoms with Crippen molar-refractivity contribution in [3.63, 3.8) is 0 Å². The van der Waals surface area contributed by atoms with E-state index >= 15 is 0 Å². The quantitative estimate of drug-likeness (QED) is 0.559. The molecule has 0 aromatic heterocycles. The molecule has 3 nitrogen and oxygen atoms in total. The molecular formula is C14H16O3. The van der Waals surface area contributed by atoms with Gasteiger partial charge in [0.15, 0.2) is 0 Å². The van der Waals surface area contributed by atoms with E-state index in [1.54, 1.807) is 18.2 Å². The van der Waals surface area contributed by atoms with E-state index in [4.69, 9.17) is 9.47 Å². The van der Waals surface area contributed by atoms with Gasteiger partial charge in [-0.3, -0.25) is 0 Å². The van der Waals surface area contributed by atoms with Crippen molar-refractivity contribution in [2.75, 3.05) is 13.2 Å². The normalized spacial score (nSPS) is 9.47. The average molecular weight is 232 g/mol. The molecule has 0 N–H and O–H groups in total. The Bertz CT molecular complexity index is 421. The molecule has 0 bridgehead atoms. The molecule has 1 rings (SSSR count). The third-order valence-electron chi connectivity index (χ3n) is 2.11. The summed E-state index contributed by atoms with van der Waals surface area (Å²) in [5, 5.41) is 0. The maximum Gasteiger partial charge on any atom is 0.342 e. The summed E-state index contributed by atoms with van der Waals surface area (Å²) in [4.78, 5) is 11.8. The minimum Gasteiger partial charge on any atom is -0.488 e. The minimum atomic E-state index is -0.410. The molecule has 3 heteroatoms. The van der Waals surface area contributed by atoms with Crippen molar-refractivity contribution in [2.24, 2.45) is 0 Å². The highest BCUT2D eigenvalue weighted by Gasteiger charge is 2.15. The summed E-state index contributed by atoms with van der Waals surface area (Å²) in [6, 6.07) is 5.35. The van der Waals surface area contributed by atoms with E-state index in [1.807, 2.05) is 13.0 Å². The number of ether oxygens (including phenoxy) is 2. The second-order valence-electron chi connectivity index (χ2n) is 3.44. The van der Waals surface area contributed by atoms with Crippen LogP contribution in [0.25, 0.3) is 0 Å². The van der Waals surface area contributed by atoms with E-state index in [9.17, 15) is 4.79 Å². The largest absolute Gasteiger partial charge is 0.488 e. The van der Waals surface area contributed by atoms with Crippen LogP contribution < -0.4 is 4.74 Å². The number of carbonyl (C=O) groups is 1. The first-order valence-corrected chi connectivity index (χ1v) is 5.32. The minimum absolute atomic E-state index is 0.188. The van der Waals surface area contributed by atoms with E-state index in [-0.39, 0.29) is 6.61 Å². The molecular weight excluding hydrogens is 216 g/mol. The first-order valence-electron chi connectivity index (χ1n) is 5.32. The fourth-order valence-electron chi connectivity index (χ4n) is 1.36. The van der Waals surface area contributed by atoms with Crippen molar-refractivity contribution >= 4 is 5.97 Å². The van der Waals surface area contributed by atoms with Crippen LogP contribution in [-0.4, -0.2) is 19.2 Å². The van der Waals surface area contributed by atoms with Crippen molar-refractivity contribution in [1.29, 1.82) is 0 Å². The van der Waals surface area contributed by atoms with Crippen molar-refractivity contribution < 1.29 is 14.3 Å². The van der Waals surface area contributed by atoms with Crippen molar-refractivity contribution in [1.82, 2.24) is 0 Å². The second kappa shape index (κ2) is 6.53. The summed E-state index contributed by atoms with van der Waals surface area (Å²) in [5.41, 5.74) is 1.31. The Morgan fingerprint density at radius 2 is 2.00 bits per heavy atom. The van der Waals surface area contributed by atoms with Crippen molar-refractivity contribution in [3.05, 3.63) is 54.6 Å². The maximum absolute atomic E-state index is 11.8. The molecule has 0 aliphatic heterocycles. The van der Waals surface area contributed by atoms with Gasteiger partial charge in [0, 0.05) is 0 Å². The molecule has 1 aromatic carbocycles. The van der Waals surface area contributed by atoms with Crippen molar-refractivity contribution in [3.8, 4) is 5.75 Å².